The van der Waals surface area contributed by atoms with Gasteiger partial charge in [0.25, 0.3) is 11.7 Å². The van der Waals surface area contributed by atoms with Crippen molar-refractivity contribution >= 4 is 17.4 Å². The molecule has 1 unspecified atom stereocenters. The molecule has 2 aromatic carbocycles. The van der Waals surface area contributed by atoms with Crippen LogP contribution in [0.3, 0.4) is 0 Å². The molecule has 2 fully saturated rings. The maximum absolute atomic E-state index is 13.3. The molecule has 37 heavy (non-hydrogen) atoms. The topological polar surface area (TPSA) is 88.5 Å². The van der Waals surface area contributed by atoms with Crippen molar-refractivity contribution < 1.29 is 28.9 Å². The summed E-state index contributed by atoms with van der Waals surface area (Å²) in [5.74, 6) is -0.183. The van der Waals surface area contributed by atoms with Gasteiger partial charge in [0.05, 0.1) is 38.0 Å². The van der Waals surface area contributed by atoms with Gasteiger partial charge < -0.3 is 24.2 Å². The normalized spacial score (nSPS) is 19.8. The summed E-state index contributed by atoms with van der Waals surface area (Å²) in [6.45, 7) is 8.94. The lowest BCUT2D eigenvalue weighted by atomic mass is 9.95. The van der Waals surface area contributed by atoms with Crippen LogP contribution >= 0.6 is 0 Å². The maximum Gasteiger partial charge on any atom is 0.295 e. The molecule has 0 bridgehead atoms. The van der Waals surface area contributed by atoms with Crippen molar-refractivity contribution in [2.45, 2.75) is 32.7 Å². The molecule has 0 aliphatic carbocycles. The molecule has 8 heteroatoms. The Bertz CT molecular complexity index is 1110. The zero-order valence-corrected chi connectivity index (χ0v) is 21.7. The molecule has 8 nitrogen and oxygen atoms in total. The number of ketones is 1. The third kappa shape index (κ3) is 6.32. The Kier molecular flexibility index (Phi) is 9.19. The molecular formula is C29H36N2O6. The first-order chi connectivity index (χ1) is 18.0. The Morgan fingerprint density at radius 3 is 2.46 bits per heavy atom. The van der Waals surface area contributed by atoms with Crippen LogP contribution in [-0.4, -0.2) is 79.2 Å². The fourth-order valence-corrected chi connectivity index (χ4v) is 4.67. The smallest absolute Gasteiger partial charge is 0.295 e. The average molecular weight is 509 g/mol. The van der Waals surface area contributed by atoms with E-state index in [0.717, 1.165) is 31.5 Å². The standard InChI is InChI=1S/C29H36N2O6/c1-3-5-17-37-24-8-6-7-22(20-24)27(32)25-26(21-9-11-23(12-10-21)36-4-2)31(29(34)28(25)33)14-13-30-15-18-35-19-16-30/h6-12,20,26,32H,3-5,13-19H2,1-2H3/b27-25+. The number of hydrogen-bond acceptors (Lipinski definition) is 7. The molecular weight excluding hydrogens is 472 g/mol. The number of aliphatic hydroxyl groups is 1. The average Bonchev–Trinajstić information content (AvgIpc) is 3.18. The lowest BCUT2D eigenvalue weighted by Crippen LogP contribution is -2.42. The van der Waals surface area contributed by atoms with Gasteiger partial charge in [-0.15, -0.1) is 0 Å². The molecule has 2 heterocycles. The van der Waals surface area contributed by atoms with Crippen LogP contribution in [0.4, 0.5) is 0 Å². The summed E-state index contributed by atoms with van der Waals surface area (Å²) in [7, 11) is 0. The number of carbonyl (C=O) groups is 2. The van der Waals surface area contributed by atoms with Crippen molar-refractivity contribution in [3.8, 4) is 11.5 Å². The molecule has 2 saturated heterocycles. The molecule has 2 aliphatic heterocycles. The second-order valence-corrected chi connectivity index (χ2v) is 9.18. The predicted octanol–water partition coefficient (Wildman–Crippen LogP) is 4.02. The van der Waals surface area contributed by atoms with E-state index in [0.29, 0.717) is 56.6 Å². The minimum absolute atomic E-state index is 0.0850. The van der Waals surface area contributed by atoms with Crippen LogP contribution in [0, 0.1) is 0 Å². The SMILES string of the molecule is CCCCOc1cccc(/C(O)=C2\C(=O)C(=O)N(CCN3CCOCC3)C2c2ccc(OCC)cc2)c1. The third-order valence-corrected chi connectivity index (χ3v) is 6.68. The highest BCUT2D eigenvalue weighted by Crippen LogP contribution is 2.40. The molecule has 0 radical (unpaired) electrons. The van der Waals surface area contributed by atoms with Crippen molar-refractivity contribution in [3.63, 3.8) is 0 Å². The van der Waals surface area contributed by atoms with Crippen molar-refractivity contribution in [2.75, 3.05) is 52.6 Å². The number of Topliss-reactive ketones (excluding diaryl/α,β-unsaturated/α-hetero) is 1. The largest absolute Gasteiger partial charge is 0.507 e. The number of carbonyl (C=O) groups excluding carboxylic acids is 2. The maximum atomic E-state index is 13.3. The molecule has 0 aromatic heterocycles. The highest BCUT2D eigenvalue weighted by molar-refractivity contribution is 6.46. The lowest BCUT2D eigenvalue weighted by molar-refractivity contribution is -0.140. The van der Waals surface area contributed by atoms with Gasteiger partial charge in [0.1, 0.15) is 17.3 Å². The van der Waals surface area contributed by atoms with Crippen LogP contribution in [-0.2, 0) is 14.3 Å². The van der Waals surface area contributed by atoms with Gasteiger partial charge in [0.15, 0.2) is 0 Å². The number of hydrogen-bond donors (Lipinski definition) is 1. The fourth-order valence-electron chi connectivity index (χ4n) is 4.67. The van der Waals surface area contributed by atoms with Gasteiger partial charge >= 0.3 is 0 Å². The lowest BCUT2D eigenvalue weighted by Gasteiger charge is -2.31. The van der Waals surface area contributed by atoms with Crippen LogP contribution in [0.1, 0.15) is 43.9 Å². The number of benzene rings is 2. The van der Waals surface area contributed by atoms with E-state index in [4.69, 9.17) is 14.2 Å². The van der Waals surface area contributed by atoms with E-state index in [9.17, 15) is 14.7 Å². The van der Waals surface area contributed by atoms with Gasteiger partial charge in [0.2, 0.25) is 0 Å². The molecule has 4 rings (SSSR count). The first-order valence-electron chi connectivity index (χ1n) is 13.1. The Morgan fingerprint density at radius 2 is 1.76 bits per heavy atom. The van der Waals surface area contributed by atoms with Crippen molar-refractivity contribution in [2.24, 2.45) is 0 Å². The number of amides is 1. The highest BCUT2D eigenvalue weighted by Gasteiger charge is 2.46. The van der Waals surface area contributed by atoms with Crippen LogP contribution < -0.4 is 9.47 Å². The van der Waals surface area contributed by atoms with Crippen LogP contribution in [0.25, 0.3) is 5.76 Å². The highest BCUT2D eigenvalue weighted by atomic mass is 16.5. The summed E-state index contributed by atoms with van der Waals surface area (Å²) in [5.41, 5.74) is 1.26. The molecule has 0 spiro atoms. The quantitative estimate of drug-likeness (QED) is 0.212. The van der Waals surface area contributed by atoms with Crippen molar-refractivity contribution in [1.29, 1.82) is 0 Å². The summed E-state index contributed by atoms with van der Waals surface area (Å²) in [4.78, 5) is 30.4. The second-order valence-electron chi connectivity index (χ2n) is 9.18. The van der Waals surface area contributed by atoms with E-state index in [1.54, 1.807) is 23.1 Å². The molecule has 0 saturated carbocycles. The van der Waals surface area contributed by atoms with Crippen molar-refractivity contribution in [3.05, 3.63) is 65.2 Å². The summed E-state index contributed by atoms with van der Waals surface area (Å²) in [6.07, 6.45) is 1.93. The molecule has 1 N–H and O–H groups in total. The Balaban J connectivity index is 1.69. The molecule has 1 amide bonds. The molecule has 2 aromatic rings. The van der Waals surface area contributed by atoms with Gasteiger partial charge in [-0.2, -0.15) is 0 Å². The van der Waals surface area contributed by atoms with Crippen LogP contribution in [0.2, 0.25) is 0 Å². The minimum atomic E-state index is -0.707. The first kappa shape index (κ1) is 26.7. The monoisotopic (exact) mass is 508 g/mol. The molecule has 198 valence electrons. The van der Waals surface area contributed by atoms with Gasteiger partial charge in [-0.05, 0) is 43.2 Å². The van der Waals surface area contributed by atoms with Gasteiger partial charge in [-0.3, -0.25) is 14.5 Å². The summed E-state index contributed by atoms with van der Waals surface area (Å²) in [5, 5.41) is 11.4. The van der Waals surface area contributed by atoms with Gasteiger partial charge in [-0.1, -0.05) is 37.6 Å². The van der Waals surface area contributed by atoms with Gasteiger partial charge in [0, 0.05) is 31.7 Å². The summed E-state index contributed by atoms with van der Waals surface area (Å²) < 4.78 is 16.8. The Hall–Kier alpha value is -3.36. The number of rotatable bonds is 11. The summed E-state index contributed by atoms with van der Waals surface area (Å²) >= 11 is 0. The van der Waals surface area contributed by atoms with Crippen LogP contribution in [0.5, 0.6) is 11.5 Å². The van der Waals surface area contributed by atoms with E-state index < -0.39 is 17.7 Å². The number of aliphatic hydroxyl groups excluding tert-OH is 1. The number of likely N-dealkylation sites (tertiary alicyclic amines) is 1. The zero-order valence-electron chi connectivity index (χ0n) is 21.7. The minimum Gasteiger partial charge on any atom is -0.507 e. The van der Waals surface area contributed by atoms with Crippen LogP contribution in [0.15, 0.2) is 54.1 Å². The summed E-state index contributed by atoms with van der Waals surface area (Å²) in [6, 6.07) is 13.7. The number of morpholine rings is 1. The number of nitrogens with zero attached hydrogens (tertiary/aromatic N) is 2. The van der Waals surface area contributed by atoms with E-state index in [1.165, 1.54) is 0 Å². The second kappa shape index (κ2) is 12.7. The Morgan fingerprint density at radius 1 is 1.00 bits per heavy atom. The van der Waals surface area contributed by atoms with E-state index in [-0.39, 0.29) is 11.3 Å². The predicted molar refractivity (Wildman–Crippen MR) is 141 cm³/mol. The zero-order chi connectivity index (χ0) is 26.2. The fraction of sp³-hybridized carbons (Fsp3) is 0.448. The number of unbranched alkanes of at least 4 members (excludes halogenated alkanes) is 1. The van der Waals surface area contributed by atoms with Gasteiger partial charge in [-0.25, -0.2) is 0 Å². The van der Waals surface area contributed by atoms with E-state index in [1.807, 2.05) is 37.3 Å². The van der Waals surface area contributed by atoms with Crippen molar-refractivity contribution in [1.82, 2.24) is 9.80 Å². The number of ether oxygens (including phenoxy) is 3. The molecule has 2 aliphatic rings. The third-order valence-electron chi connectivity index (χ3n) is 6.68. The Labute approximate surface area is 218 Å². The van der Waals surface area contributed by atoms with E-state index in [2.05, 4.69) is 11.8 Å². The first-order valence-corrected chi connectivity index (χ1v) is 13.1. The molecule has 1 atom stereocenters. The van der Waals surface area contributed by atoms with E-state index >= 15 is 0 Å².